The molecule has 0 saturated carbocycles. The molecule has 0 aliphatic carbocycles. The lowest BCUT2D eigenvalue weighted by molar-refractivity contribution is -0.133. The predicted molar refractivity (Wildman–Crippen MR) is 75.9 cm³/mol. The lowest BCUT2D eigenvalue weighted by Crippen LogP contribution is -2.44. The number of rotatable bonds is 3. The number of nitrogens with zero attached hydrogens (tertiary/aromatic N) is 2. The quantitative estimate of drug-likeness (QED) is 0.904. The van der Waals surface area contributed by atoms with Crippen LogP contribution in [0.2, 0.25) is 0 Å². The van der Waals surface area contributed by atoms with Crippen LogP contribution in [0.5, 0.6) is 5.75 Å². The summed E-state index contributed by atoms with van der Waals surface area (Å²) < 4.78 is 11.3. The number of amidine groups is 1. The molecular weight excluding hydrogens is 272 g/mol. The van der Waals surface area contributed by atoms with Gasteiger partial charge >= 0.3 is 0 Å². The van der Waals surface area contributed by atoms with Gasteiger partial charge in [-0.3, -0.25) is 9.69 Å². The smallest absolute Gasteiger partial charge is 0.297 e. The van der Waals surface area contributed by atoms with Crippen LogP contribution in [0.1, 0.15) is 18.9 Å². The number of para-hydroxylation sites is 1. The number of ether oxygens (including phenoxy) is 2. The molecule has 1 N–H and O–H groups in total. The first-order valence-corrected chi connectivity index (χ1v) is 6.92. The third-order valence-electron chi connectivity index (χ3n) is 3.53. The van der Waals surface area contributed by atoms with Crippen LogP contribution in [0, 0.1) is 6.92 Å². The molecule has 6 nitrogen and oxygen atoms in total. The number of carbonyl (C=O) groups excluding carboxylic acids is 1. The number of aryl methyl sites for hydroxylation is 1. The fourth-order valence-electron chi connectivity index (χ4n) is 2.44. The van der Waals surface area contributed by atoms with Gasteiger partial charge in [0.25, 0.3) is 6.02 Å². The number of hydrogen-bond acceptors (Lipinski definition) is 5. The highest BCUT2D eigenvalue weighted by Gasteiger charge is 2.42. The van der Waals surface area contributed by atoms with Crippen LogP contribution >= 0.6 is 0 Å². The van der Waals surface area contributed by atoms with Gasteiger partial charge in [0.15, 0.2) is 11.8 Å². The summed E-state index contributed by atoms with van der Waals surface area (Å²) in [5, 5.41) is 9.88. The second-order valence-electron chi connectivity index (χ2n) is 5.61. The minimum Gasteiger partial charge on any atom is -0.489 e. The Morgan fingerprint density at radius 1 is 1.52 bits per heavy atom. The Bertz CT molecular complexity index is 597. The van der Waals surface area contributed by atoms with E-state index in [0.717, 1.165) is 11.3 Å². The van der Waals surface area contributed by atoms with Crippen LogP contribution in [0.3, 0.4) is 0 Å². The van der Waals surface area contributed by atoms with E-state index >= 15 is 0 Å². The number of fused-ring (bicyclic) bond motifs is 1. The van der Waals surface area contributed by atoms with Gasteiger partial charge in [-0.2, -0.15) is 0 Å². The third kappa shape index (κ3) is 2.85. The Morgan fingerprint density at radius 2 is 2.29 bits per heavy atom. The van der Waals surface area contributed by atoms with Gasteiger partial charge in [0.1, 0.15) is 12.4 Å². The fraction of sp³-hybridized carbons (Fsp3) is 0.467. The highest BCUT2D eigenvalue weighted by Crippen LogP contribution is 2.26. The van der Waals surface area contributed by atoms with E-state index < -0.39 is 5.72 Å². The van der Waals surface area contributed by atoms with E-state index in [1.165, 1.54) is 11.8 Å². The van der Waals surface area contributed by atoms with Crippen molar-refractivity contribution in [3.05, 3.63) is 29.8 Å². The predicted octanol–water partition coefficient (Wildman–Crippen LogP) is 1.07. The monoisotopic (exact) mass is 290 g/mol. The molecule has 1 aromatic rings. The molecule has 1 amide bonds. The largest absolute Gasteiger partial charge is 0.489 e. The van der Waals surface area contributed by atoms with Crippen LogP contribution in [0.25, 0.3) is 0 Å². The molecule has 2 atom stereocenters. The van der Waals surface area contributed by atoms with Gasteiger partial charge in [0.05, 0.1) is 13.0 Å². The Labute approximate surface area is 123 Å². The first kappa shape index (κ1) is 13.9. The van der Waals surface area contributed by atoms with Crippen molar-refractivity contribution in [3.8, 4) is 5.75 Å². The number of benzene rings is 1. The van der Waals surface area contributed by atoms with E-state index in [1.807, 2.05) is 31.2 Å². The minimum atomic E-state index is -1.38. The van der Waals surface area contributed by atoms with Gasteiger partial charge < -0.3 is 14.6 Å². The fourth-order valence-corrected chi connectivity index (χ4v) is 2.44. The third-order valence-corrected chi connectivity index (χ3v) is 3.53. The van der Waals surface area contributed by atoms with Crippen LogP contribution < -0.4 is 4.74 Å². The van der Waals surface area contributed by atoms with E-state index in [1.54, 1.807) is 0 Å². The Balaban J connectivity index is 1.66. The Hall–Kier alpha value is -2.08. The molecule has 2 aliphatic heterocycles. The molecule has 1 aromatic carbocycles. The number of amides is 1. The zero-order chi connectivity index (χ0) is 15.0. The normalized spacial score (nSPS) is 28.0. The lowest BCUT2D eigenvalue weighted by Gasteiger charge is -2.27. The molecule has 2 aliphatic rings. The van der Waals surface area contributed by atoms with E-state index in [2.05, 4.69) is 4.99 Å². The number of aliphatic imine (C=N–C) groups is 1. The first-order chi connectivity index (χ1) is 9.94. The van der Waals surface area contributed by atoms with Crippen molar-refractivity contribution in [3.63, 3.8) is 0 Å². The average Bonchev–Trinajstić information content (AvgIpc) is 2.79. The summed E-state index contributed by atoms with van der Waals surface area (Å²) in [6, 6.07) is 7.91. The highest BCUT2D eigenvalue weighted by atomic mass is 16.6. The molecule has 3 rings (SSSR count). The van der Waals surface area contributed by atoms with Crippen LogP contribution in [0.4, 0.5) is 0 Å². The summed E-state index contributed by atoms with van der Waals surface area (Å²) in [6.07, 6.45) is -0.299. The van der Waals surface area contributed by atoms with Crippen LogP contribution in [-0.2, 0) is 9.53 Å². The molecule has 6 heteroatoms. The van der Waals surface area contributed by atoms with Crippen molar-refractivity contribution in [2.75, 3.05) is 13.2 Å². The van der Waals surface area contributed by atoms with E-state index in [-0.39, 0.29) is 24.5 Å². The molecule has 21 heavy (non-hydrogen) atoms. The van der Waals surface area contributed by atoms with Gasteiger partial charge in [0, 0.05) is 0 Å². The maximum atomic E-state index is 11.9. The molecule has 1 fully saturated rings. The minimum absolute atomic E-state index is 0.0226. The second-order valence-corrected chi connectivity index (χ2v) is 5.61. The zero-order valence-electron chi connectivity index (χ0n) is 12.1. The SMILES string of the molecule is Cc1ccccc1OCC1CN2C(=O)CC(C)(O)N=C2O1. The van der Waals surface area contributed by atoms with E-state index in [4.69, 9.17) is 9.47 Å². The summed E-state index contributed by atoms with van der Waals surface area (Å²) in [5.41, 5.74) is -0.334. The number of aliphatic hydroxyl groups is 1. The molecule has 2 unspecified atom stereocenters. The topological polar surface area (TPSA) is 71.4 Å². The molecule has 0 radical (unpaired) electrons. The van der Waals surface area contributed by atoms with Gasteiger partial charge in [0.2, 0.25) is 5.91 Å². The van der Waals surface area contributed by atoms with Crippen molar-refractivity contribution in [2.24, 2.45) is 4.99 Å². The Morgan fingerprint density at radius 3 is 3.05 bits per heavy atom. The van der Waals surface area contributed by atoms with Crippen LogP contribution in [-0.4, -0.2) is 46.9 Å². The van der Waals surface area contributed by atoms with Gasteiger partial charge in [-0.1, -0.05) is 18.2 Å². The van der Waals surface area contributed by atoms with Gasteiger partial charge in [-0.05, 0) is 25.5 Å². The van der Waals surface area contributed by atoms with Gasteiger partial charge in [-0.25, -0.2) is 4.99 Å². The van der Waals surface area contributed by atoms with Crippen LogP contribution in [0.15, 0.2) is 29.3 Å². The van der Waals surface area contributed by atoms with Crippen molar-refractivity contribution in [1.82, 2.24) is 4.90 Å². The summed E-state index contributed by atoms with van der Waals surface area (Å²) in [6.45, 7) is 4.20. The average molecular weight is 290 g/mol. The molecule has 2 heterocycles. The molecule has 0 bridgehead atoms. The van der Waals surface area contributed by atoms with E-state index in [0.29, 0.717) is 13.2 Å². The first-order valence-electron chi connectivity index (χ1n) is 6.92. The number of carbonyl (C=O) groups is 1. The van der Waals surface area contributed by atoms with Crippen molar-refractivity contribution in [2.45, 2.75) is 32.1 Å². The maximum absolute atomic E-state index is 11.9. The Kier molecular flexibility index (Phi) is 3.33. The summed E-state index contributed by atoms with van der Waals surface area (Å²) in [5.74, 6) is 0.620. The maximum Gasteiger partial charge on any atom is 0.297 e. The van der Waals surface area contributed by atoms with Crippen molar-refractivity contribution >= 4 is 11.9 Å². The van der Waals surface area contributed by atoms with Crippen molar-refractivity contribution < 1.29 is 19.4 Å². The standard InChI is InChI=1S/C15H18N2O4/c1-10-5-3-4-6-12(10)20-9-11-8-17-13(18)7-15(2,19)16-14(17)21-11/h3-6,11,19H,7-9H2,1-2H3. The summed E-state index contributed by atoms with van der Waals surface area (Å²) >= 11 is 0. The molecule has 1 saturated heterocycles. The summed E-state index contributed by atoms with van der Waals surface area (Å²) in [7, 11) is 0. The zero-order valence-corrected chi connectivity index (χ0v) is 12.1. The second kappa shape index (κ2) is 5.04. The molecule has 0 spiro atoms. The highest BCUT2D eigenvalue weighted by molar-refractivity contribution is 5.98. The summed E-state index contributed by atoms with van der Waals surface area (Å²) in [4.78, 5) is 17.4. The van der Waals surface area contributed by atoms with Gasteiger partial charge in [-0.15, -0.1) is 0 Å². The van der Waals surface area contributed by atoms with Crippen molar-refractivity contribution in [1.29, 1.82) is 0 Å². The number of hydrogen-bond donors (Lipinski definition) is 1. The van der Waals surface area contributed by atoms with E-state index in [9.17, 15) is 9.90 Å². The molecular formula is C15H18N2O4. The molecule has 112 valence electrons. The lowest BCUT2D eigenvalue weighted by atomic mass is 10.1. The molecule has 0 aromatic heterocycles.